The Labute approximate surface area is 196 Å². The van der Waals surface area contributed by atoms with Crippen LogP contribution in [-0.4, -0.2) is 58.4 Å². The number of hydrogen-bond acceptors (Lipinski definition) is 6. The maximum Gasteiger partial charge on any atom is 0.408 e. The Bertz CT molecular complexity index is 766. The quantitative estimate of drug-likeness (QED) is 0.295. The van der Waals surface area contributed by atoms with Crippen LogP contribution in [0.25, 0.3) is 0 Å². The van der Waals surface area contributed by atoms with Crippen molar-refractivity contribution in [3.05, 3.63) is 29.8 Å². The van der Waals surface area contributed by atoms with Gasteiger partial charge in [-0.25, -0.2) is 4.79 Å². The van der Waals surface area contributed by atoms with Gasteiger partial charge in [0.05, 0.1) is 0 Å². The Kier molecular flexibility index (Phi) is 11.4. The standard InChI is InChI=1S/C23H37N3O5S/c1-6-8-13-24-20(28)19(16-11-9-10-12-18(16)27)26(14-7-2)21(29)17(15-32)25-22(30)31-23(3,4)5/h9-12,17,19,27,32H,6-8,13-15H2,1-5H3,(H,24,28)(H,25,30). The molecule has 0 bridgehead atoms. The number of benzene rings is 1. The molecule has 0 aliphatic carbocycles. The number of alkyl carbamates (subject to hydrolysis) is 1. The predicted molar refractivity (Wildman–Crippen MR) is 128 cm³/mol. The second kappa shape index (κ2) is 13.2. The molecule has 1 aromatic carbocycles. The topological polar surface area (TPSA) is 108 Å². The van der Waals surface area contributed by atoms with E-state index >= 15 is 0 Å². The second-order valence-corrected chi connectivity index (χ2v) is 8.88. The molecule has 3 amide bonds. The first-order valence-electron chi connectivity index (χ1n) is 11.0. The number of phenols is 1. The normalized spacial score (nSPS) is 13.1. The summed E-state index contributed by atoms with van der Waals surface area (Å²) in [5.74, 6) is -0.938. The molecule has 0 fully saturated rings. The van der Waals surface area contributed by atoms with E-state index in [0.717, 1.165) is 12.8 Å². The highest BCUT2D eigenvalue weighted by atomic mass is 32.1. The van der Waals surface area contributed by atoms with E-state index in [1.54, 1.807) is 39.0 Å². The van der Waals surface area contributed by atoms with Crippen LogP contribution in [-0.2, 0) is 14.3 Å². The molecule has 0 saturated carbocycles. The van der Waals surface area contributed by atoms with Crippen LogP contribution < -0.4 is 10.6 Å². The van der Waals surface area contributed by atoms with Gasteiger partial charge in [-0.05, 0) is 39.7 Å². The molecule has 9 heteroatoms. The van der Waals surface area contributed by atoms with Crippen molar-refractivity contribution in [2.24, 2.45) is 0 Å². The van der Waals surface area contributed by atoms with Crippen molar-refractivity contribution in [1.29, 1.82) is 0 Å². The molecule has 2 unspecified atom stereocenters. The van der Waals surface area contributed by atoms with Crippen LogP contribution in [0.15, 0.2) is 24.3 Å². The summed E-state index contributed by atoms with van der Waals surface area (Å²) >= 11 is 4.23. The van der Waals surface area contributed by atoms with Crippen molar-refractivity contribution >= 4 is 30.5 Å². The van der Waals surface area contributed by atoms with Crippen LogP contribution in [0.2, 0.25) is 0 Å². The lowest BCUT2D eigenvalue weighted by atomic mass is 10.0. The predicted octanol–water partition coefficient (Wildman–Crippen LogP) is 3.41. The van der Waals surface area contributed by atoms with Crippen LogP contribution in [0.4, 0.5) is 4.79 Å². The molecule has 1 aromatic rings. The third-order valence-corrected chi connectivity index (χ3v) is 4.91. The summed E-state index contributed by atoms with van der Waals surface area (Å²) in [6.45, 7) is 9.78. The zero-order valence-electron chi connectivity index (χ0n) is 19.7. The number of aromatic hydroxyl groups is 1. The highest BCUT2D eigenvalue weighted by Crippen LogP contribution is 2.30. The van der Waals surface area contributed by atoms with Crippen molar-refractivity contribution in [2.45, 2.75) is 71.6 Å². The summed E-state index contributed by atoms with van der Waals surface area (Å²) < 4.78 is 5.26. The summed E-state index contributed by atoms with van der Waals surface area (Å²) in [5, 5.41) is 15.9. The zero-order chi connectivity index (χ0) is 24.3. The maximum absolute atomic E-state index is 13.5. The molecular formula is C23H37N3O5S. The van der Waals surface area contributed by atoms with E-state index in [9.17, 15) is 19.5 Å². The number of nitrogens with one attached hydrogen (secondary N) is 2. The number of carbonyl (C=O) groups excluding carboxylic acids is 3. The van der Waals surface area contributed by atoms with E-state index in [1.165, 1.54) is 11.0 Å². The zero-order valence-corrected chi connectivity index (χ0v) is 20.6. The SMILES string of the molecule is CCCCNC(=O)C(c1ccccc1O)N(CCC)C(=O)C(CS)NC(=O)OC(C)(C)C. The van der Waals surface area contributed by atoms with Crippen molar-refractivity contribution in [1.82, 2.24) is 15.5 Å². The Morgan fingerprint density at radius 2 is 1.81 bits per heavy atom. The molecule has 0 saturated heterocycles. The largest absolute Gasteiger partial charge is 0.508 e. The van der Waals surface area contributed by atoms with Gasteiger partial charge in [0.1, 0.15) is 23.4 Å². The van der Waals surface area contributed by atoms with Gasteiger partial charge >= 0.3 is 6.09 Å². The fourth-order valence-corrected chi connectivity index (χ4v) is 3.34. The number of rotatable bonds is 11. The number of phenolic OH excluding ortho intramolecular Hbond substituents is 1. The number of hydrogen-bond donors (Lipinski definition) is 4. The fourth-order valence-electron chi connectivity index (χ4n) is 3.10. The number of amides is 3. The third-order valence-electron chi connectivity index (χ3n) is 4.54. The number of ether oxygens (including phenoxy) is 1. The number of thiol groups is 1. The highest BCUT2D eigenvalue weighted by molar-refractivity contribution is 7.80. The molecule has 0 radical (unpaired) electrons. The second-order valence-electron chi connectivity index (χ2n) is 8.52. The molecule has 0 aromatic heterocycles. The Morgan fingerprint density at radius 3 is 2.34 bits per heavy atom. The molecule has 0 heterocycles. The first-order chi connectivity index (χ1) is 15.1. The summed E-state index contributed by atoms with van der Waals surface area (Å²) in [5.41, 5.74) is -0.409. The lowest BCUT2D eigenvalue weighted by molar-refractivity contribution is -0.142. The van der Waals surface area contributed by atoms with Gasteiger partial charge in [-0.3, -0.25) is 9.59 Å². The van der Waals surface area contributed by atoms with Crippen molar-refractivity contribution in [2.75, 3.05) is 18.8 Å². The first kappa shape index (κ1) is 27.6. The Morgan fingerprint density at radius 1 is 1.16 bits per heavy atom. The van der Waals surface area contributed by atoms with Crippen molar-refractivity contribution in [3.63, 3.8) is 0 Å². The molecule has 0 aliphatic heterocycles. The molecule has 2 atom stereocenters. The average molecular weight is 468 g/mol. The van der Waals surface area contributed by atoms with Gasteiger partial charge in [0, 0.05) is 24.4 Å². The Hall–Kier alpha value is -2.42. The minimum atomic E-state index is -1.05. The molecule has 3 N–H and O–H groups in total. The number of carbonyl (C=O) groups is 3. The Balaban J connectivity index is 3.27. The molecule has 1 rings (SSSR count). The molecular weight excluding hydrogens is 430 g/mol. The highest BCUT2D eigenvalue weighted by Gasteiger charge is 2.36. The smallest absolute Gasteiger partial charge is 0.408 e. The van der Waals surface area contributed by atoms with Gasteiger partial charge < -0.3 is 25.4 Å². The first-order valence-corrected chi connectivity index (χ1v) is 11.6. The van der Waals surface area contributed by atoms with Crippen LogP contribution in [0.3, 0.4) is 0 Å². The fraction of sp³-hybridized carbons (Fsp3) is 0.609. The van der Waals surface area contributed by atoms with Crippen LogP contribution in [0, 0.1) is 0 Å². The van der Waals surface area contributed by atoms with E-state index in [2.05, 4.69) is 23.3 Å². The lowest BCUT2D eigenvalue weighted by Crippen LogP contribution is -2.54. The molecule has 8 nitrogen and oxygen atoms in total. The summed E-state index contributed by atoms with van der Waals surface area (Å²) in [4.78, 5) is 40.3. The van der Waals surface area contributed by atoms with E-state index in [1.807, 2.05) is 13.8 Å². The summed E-state index contributed by atoms with van der Waals surface area (Å²) in [6.07, 6.45) is 1.53. The average Bonchev–Trinajstić information content (AvgIpc) is 2.71. The third kappa shape index (κ3) is 8.61. The van der Waals surface area contributed by atoms with Crippen molar-refractivity contribution < 1.29 is 24.2 Å². The van der Waals surface area contributed by atoms with Gasteiger partial charge in [-0.15, -0.1) is 0 Å². The number of nitrogens with zero attached hydrogens (tertiary/aromatic N) is 1. The van der Waals surface area contributed by atoms with Crippen LogP contribution >= 0.6 is 12.6 Å². The molecule has 0 aliphatic rings. The van der Waals surface area contributed by atoms with Gasteiger partial charge in [0.15, 0.2) is 0 Å². The van der Waals surface area contributed by atoms with Crippen LogP contribution in [0.5, 0.6) is 5.75 Å². The number of unbranched alkanes of at least 4 members (excludes halogenated alkanes) is 1. The lowest BCUT2D eigenvalue weighted by Gasteiger charge is -2.34. The molecule has 180 valence electrons. The summed E-state index contributed by atoms with van der Waals surface area (Å²) in [6, 6.07) is 4.39. The maximum atomic E-state index is 13.5. The van der Waals surface area contributed by atoms with E-state index in [0.29, 0.717) is 18.5 Å². The van der Waals surface area contributed by atoms with Gasteiger partial charge in [0.2, 0.25) is 11.8 Å². The van der Waals surface area contributed by atoms with E-state index < -0.39 is 35.6 Å². The van der Waals surface area contributed by atoms with E-state index in [4.69, 9.17) is 4.74 Å². The molecule has 32 heavy (non-hydrogen) atoms. The van der Waals surface area contributed by atoms with Gasteiger partial charge in [0.25, 0.3) is 0 Å². The minimum Gasteiger partial charge on any atom is -0.508 e. The van der Waals surface area contributed by atoms with Gasteiger partial charge in [-0.2, -0.15) is 12.6 Å². The monoisotopic (exact) mass is 467 g/mol. The van der Waals surface area contributed by atoms with Gasteiger partial charge in [-0.1, -0.05) is 38.5 Å². The van der Waals surface area contributed by atoms with E-state index in [-0.39, 0.29) is 18.0 Å². The van der Waals surface area contributed by atoms with Crippen LogP contribution in [0.1, 0.15) is 65.5 Å². The summed E-state index contributed by atoms with van der Waals surface area (Å²) in [7, 11) is 0. The number of para-hydroxylation sites is 1. The van der Waals surface area contributed by atoms with Crippen molar-refractivity contribution in [3.8, 4) is 5.75 Å². The molecule has 0 spiro atoms. The minimum absolute atomic E-state index is 0.0171.